The predicted molar refractivity (Wildman–Crippen MR) is 106 cm³/mol. The molecule has 4 rings (SSSR count). The average Bonchev–Trinajstić information content (AvgIpc) is 3.09. The van der Waals surface area contributed by atoms with Crippen LogP contribution in [0.3, 0.4) is 0 Å². The SMILES string of the molecule is Cc1noc2ncc(S(=O)(=O)Oc3ccc(C(=O)c4ccc(Cl)cc4)cc3)cc12. The minimum absolute atomic E-state index is 0.0693. The van der Waals surface area contributed by atoms with Gasteiger partial charge in [-0.3, -0.25) is 4.79 Å². The summed E-state index contributed by atoms with van der Waals surface area (Å²) in [6.45, 7) is 1.68. The van der Waals surface area contributed by atoms with E-state index in [1.165, 1.54) is 30.3 Å². The van der Waals surface area contributed by atoms with E-state index in [1.807, 2.05) is 0 Å². The van der Waals surface area contributed by atoms with E-state index in [2.05, 4.69) is 10.1 Å². The maximum atomic E-state index is 12.6. The molecule has 0 fully saturated rings. The summed E-state index contributed by atoms with van der Waals surface area (Å²) in [5, 5.41) is 4.76. The topological polar surface area (TPSA) is 99.4 Å². The number of carbonyl (C=O) groups is 1. The molecule has 29 heavy (non-hydrogen) atoms. The second-order valence-electron chi connectivity index (χ2n) is 6.19. The standard InChI is InChI=1S/C20H13ClN2O5S/c1-12-18-10-17(11-22-20(18)27-23-12)29(25,26)28-16-8-4-14(5-9-16)19(24)13-2-6-15(21)7-3-13/h2-11H,1H3. The normalized spacial score (nSPS) is 11.5. The van der Waals surface area contributed by atoms with Gasteiger partial charge in [0.15, 0.2) is 5.78 Å². The number of nitrogens with zero attached hydrogens (tertiary/aromatic N) is 2. The van der Waals surface area contributed by atoms with Crippen LogP contribution in [0.1, 0.15) is 21.6 Å². The second-order valence-corrected chi connectivity index (χ2v) is 8.17. The van der Waals surface area contributed by atoms with Gasteiger partial charge in [0.05, 0.1) is 17.3 Å². The first-order valence-corrected chi connectivity index (χ1v) is 10.2. The Morgan fingerprint density at radius 3 is 2.31 bits per heavy atom. The van der Waals surface area contributed by atoms with Crippen molar-refractivity contribution in [2.75, 3.05) is 0 Å². The number of rotatable bonds is 5. The molecule has 4 aromatic rings. The molecular weight excluding hydrogens is 416 g/mol. The number of aryl methyl sites for hydroxylation is 1. The molecule has 0 amide bonds. The molecule has 7 nitrogen and oxygen atoms in total. The molecule has 0 bridgehead atoms. The Labute approximate surface area is 171 Å². The summed E-state index contributed by atoms with van der Waals surface area (Å²) in [4.78, 5) is 16.3. The third-order valence-corrected chi connectivity index (χ3v) is 5.67. The van der Waals surface area contributed by atoms with E-state index in [4.69, 9.17) is 20.3 Å². The molecule has 146 valence electrons. The summed E-state index contributed by atoms with van der Waals surface area (Å²) in [6, 6.07) is 13.7. The number of fused-ring (bicyclic) bond motifs is 1. The number of hydrogen-bond donors (Lipinski definition) is 0. The maximum absolute atomic E-state index is 12.6. The Morgan fingerprint density at radius 2 is 1.66 bits per heavy atom. The van der Waals surface area contributed by atoms with Crippen LogP contribution < -0.4 is 4.18 Å². The first-order chi connectivity index (χ1) is 13.8. The van der Waals surface area contributed by atoms with Gasteiger partial charge < -0.3 is 8.71 Å². The van der Waals surface area contributed by atoms with E-state index < -0.39 is 10.1 Å². The summed E-state index contributed by atoms with van der Waals surface area (Å²) in [6.07, 6.45) is 1.14. The Morgan fingerprint density at radius 1 is 1.03 bits per heavy atom. The molecule has 0 saturated carbocycles. The van der Waals surface area contributed by atoms with Crippen LogP contribution in [0.25, 0.3) is 11.1 Å². The largest absolute Gasteiger partial charge is 0.379 e. The summed E-state index contributed by atoms with van der Waals surface area (Å²) in [5.74, 6) is -0.145. The van der Waals surface area contributed by atoms with Gasteiger partial charge in [-0.2, -0.15) is 8.42 Å². The number of benzene rings is 2. The number of hydrogen-bond acceptors (Lipinski definition) is 7. The van der Waals surface area contributed by atoms with E-state index in [0.29, 0.717) is 27.2 Å². The fraction of sp³-hybridized carbons (Fsp3) is 0.0500. The number of aromatic nitrogens is 2. The molecule has 0 aliphatic rings. The second kappa shape index (κ2) is 7.31. The van der Waals surface area contributed by atoms with Gasteiger partial charge in [-0.1, -0.05) is 16.8 Å². The van der Waals surface area contributed by atoms with Gasteiger partial charge in [0, 0.05) is 16.1 Å². The lowest BCUT2D eigenvalue weighted by molar-refractivity contribution is 0.103. The lowest BCUT2D eigenvalue weighted by atomic mass is 10.0. The molecule has 2 heterocycles. The molecule has 0 N–H and O–H groups in total. The monoisotopic (exact) mass is 428 g/mol. The van der Waals surface area contributed by atoms with Crippen molar-refractivity contribution in [3.63, 3.8) is 0 Å². The molecule has 0 radical (unpaired) electrons. The van der Waals surface area contributed by atoms with Gasteiger partial charge in [0.2, 0.25) is 0 Å². The number of ketones is 1. The summed E-state index contributed by atoms with van der Waals surface area (Å²) < 4.78 is 35.3. The van der Waals surface area contributed by atoms with Crippen molar-refractivity contribution in [3.05, 3.63) is 82.6 Å². The zero-order valence-corrected chi connectivity index (χ0v) is 16.6. The number of carbonyl (C=O) groups excluding carboxylic acids is 1. The van der Waals surface area contributed by atoms with E-state index in [-0.39, 0.29) is 22.1 Å². The van der Waals surface area contributed by atoms with Crippen molar-refractivity contribution < 1.29 is 21.9 Å². The first kappa shape index (κ1) is 19.1. The van der Waals surface area contributed by atoms with Crippen LogP contribution in [-0.2, 0) is 10.1 Å². The molecule has 9 heteroatoms. The van der Waals surface area contributed by atoms with E-state index in [1.54, 1.807) is 31.2 Å². The molecular formula is C20H13ClN2O5S. The van der Waals surface area contributed by atoms with E-state index in [0.717, 1.165) is 6.20 Å². The fourth-order valence-electron chi connectivity index (χ4n) is 2.67. The van der Waals surface area contributed by atoms with Crippen molar-refractivity contribution >= 4 is 38.6 Å². The quantitative estimate of drug-likeness (QED) is 0.347. The summed E-state index contributed by atoms with van der Waals surface area (Å²) in [5.41, 5.74) is 1.63. The minimum atomic E-state index is -4.12. The Kier molecular flexibility index (Phi) is 4.81. The zero-order valence-electron chi connectivity index (χ0n) is 15.0. The first-order valence-electron chi connectivity index (χ1n) is 8.40. The number of pyridine rings is 1. The Balaban J connectivity index is 1.56. The molecule has 0 aliphatic carbocycles. The van der Waals surface area contributed by atoms with Crippen LogP contribution in [0.2, 0.25) is 5.02 Å². The Hall–Kier alpha value is -3.23. The molecule has 0 spiro atoms. The third kappa shape index (κ3) is 3.85. The van der Waals surface area contributed by atoms with Crippen molar-refractivity contribution in [2.45, 2.75) is 11.8 Å². The van der Waals surface area contributed by atoms with Gasteiger partial charge in [-0.15, -0.1) is 0 Å². The zero-order chi connectivity index (χ0) is 20.6. The maximum Gasteiger partial charge on any atom is 0.340 e. The average molecular weight is 429 g/mol. The minimum Gasteiger partial charge on any atom is -0.379 e. The highest BCUT2D eigenvalue weighted by Gasteiger charge is 2.20. The molecule has 2 aromatic heterocycles. The highest BCUT2D eigenvalue weighted by molar-refractivity contribution is 7.87. The van der Waals surface area contributed by atoms with Crippen LogP contribution in [0.15, 0.2) is 70.2 Å². The lowest BCUT2D eigenvalue weighted by Crippen LogP contribution is -2.10. The van der Waals surface area contributed by atoms with Gasteiger partial charge in [0.1, 0.15) is 10.6 Å². The van der Waals surface area contributed by atoms with Gasteiger partial charge in [0.25, 0.3) is 5.71 Å². The van der Waals surface area contributed by atoms with Crippen molar-refractivity contribution in [1.82, 2.24) is 10.1 Å². The lowest BCUT2D eigenvalue weighted by Gasteiger charge is -2.08. The van der Waals surface area contributed by atoms with Crippen molar-refractivity contribution in [3.8, 4) is 5.75 Å². The van der Waals surface area contributed by atoms with Gasteiger partial charge in [-0.25, -0.2) is 4.98 Å². The van der Waals surface area contributed by atoms with Crippen molar-refractivity contribution in [1.29, 1.82) is 0 Å². The van der Waals surface area contributed by atoms with Crippen LogP contribution in [0, 0.1) is 6.92 Å². The van der Waals surface area contributed by atoms with Gasteiger partial charge >= 0.3 is 10.1 Å². The highest BCUT2D eigenvalue weighted by atomic mass is 35.5. The summed E-state index contributed by atoms with van der Waals surface area (Å²) >= 11 is 5.83. The van der Waals surface area contributed by atoms with E-state index >= 15 is 0 Å². The predicted octanol–water partition coefficient (Wildman–Crippen LogP) is 4.18. The fourth-order valence-corrected chi connectivity index (χ4v) is 3.70. The van der Waals surface area contributed by atoms with Crippen molar-refractivity contribution in [2.24, 2.45) is 0 Å². The third-order valence-electron chi connectivity index (χ3n) is 4.20. The van der Waals surface area contributed by atoms with Gasteiger partial charge in [-0.05, 0) is 61.5 Å². The highest BCUT2D eigenvalue weighted by Crippen LogP contribution is 2.24. The van der Waals surface area contributed by atoms with Crippen LogP contribution >= 0.6 is 11.6 Å². The molecule has 2 aromatic carbocycles. The number of halogens is 1. The molecule has 0 aliphatic heterocycles. The molecule has 0 unspecified atom stereocenters. The smallest absolute Gasteiger partial charge is 0.340 e. The summed E-state index contributed by atoms with van der Waals surface area (Å²) in [7, 11) is -4.12. The van der Waals surface area contributed by atoms with E-state index in [9.17, 15) is 13.2 Å². The molecule has 0 saturated heterocycles. The van der Waals surface area contributed by atoms with Crippen LogP contribution in [0.5, 0.6) is 5.75 Å². The molecule has 0 atom stereocenters. The Bertz CT molecular complexity index is 1310. The van der Waals surface area contributed by atoms with Crippen LogP contribution in [0.4, 0.5) is 0 Å². The van der Waals surface area contributed by atoms with Crippen LogP contribution in [-0.4, -0.2) is 24.3 Å².